The number of imidazole rings is 1. The molecule has 2 aliphatic rings. The molecule has 326 valence electrons. The van der Waals surface area contributed by atoms with E-state index in [-0.39, 0.29) is 12.0 Å². The van der Waals surface area contributed by atoms with Crippen LogP contribution in [-0.4, -0.2) is 12.6 Å². The van der Waals surface area contributed by atoms with Crippen LogP contribution in [0.4, 0.5) is 0 Å². The van der Waals surface area contributed by atoms with E-state index in [1.807, 2.05) is 0 Å². The number of furan rings is 1. The molecule has 0 amide bonds. The Hall–Kier alpha value is -7.86. The van der Waals surface area contributed by atoms with E-state index in [9.17, 15) is 0 Å². The summed E-state index contributed by atoms with van der Waals surface area (Å²) in [6.45, 7) is 12.7. The fourth-order valence-electron chi connectivity index (χ4n) is 11.5. The molecule has 0 bridgehead atoms. The van der Waals surface area contributed by atoms with Gasteiger partial charge in [0.2, 0.25) is 11.7 Å². The van der Waals surface area contributed by atoms with Gasteiger partial charge < -0.3 is 4.42 Å². The van der Waals surface area contributed by atoms with Gasteiger partial charge in [0.25, 0.3) is 0 Å². The van der Waals surface area contributed by atoms with Crippen LogP contribution in [0.3, 0.4) is 0 Å². The largest absolute Gasteiger partial charge is 0.455 e. The third-order valence-corrected chi connectivity index (χ3v) is 16.8. The van der Waals surface area contributed by atoms with E-state index in [4.69, 9.17) is 11.0 Å². The number of hydrogen-bond acceptors (Lipinski definition) is 1. The third kappa shape index (κ3) is 6.26. The van der Waals surface area contributed by atoms with Crippen molar-refractivity contribution in [1.82, 2.24) is 4.57 Å². The Kier molecular flexibility index (Phi) is 9.28. The van der Waals surface area contributed by atoms with Crippen LogP contribution in [0.5, 0.6) is 0 Å². The molecule has 0 spiro atoms. The molecule has 4 nitrogen and oxygen atoms in total. The van der Waals surface area contributed by atoms with E-state index in [0.29, 0.717) is 0 Å². The number of nitrogens with zero attached hydrogens (tertiary/aromatic N) is 3. The average molecular weight is 894 g/mol. The SMILES string of the molecule is C=C1C2C(CCc3ccc4c(oc5cc(-c6ccccc6)ccc54)c3-c3n(-c4c(-c5ccccc5)cccc4-c4ccccc4)c4ccccc4[n+]31)c1ccccc1-c1ccc([Si](C)(C)C)c[n+]12. The van der Waals surface area contributed by atoms with Gasteiger partial charge in [-0.15, -0.1) is 0 Å². The highest BCUT2D eigenvalue weighted by atomic mass is 28.3. The zero-order valence-electron chi connectivity index (χ0n) is 38.7. The third-order valence-electron chi connectivity index (χ3n) is 14.8. The van der Waals surface area contributed by atoms with E-state index < -0.39 is 8.07 Å². The van der Waals surface area contributed by atoms with Crippen molar-refractivity contribution in [1.29, 1.82) is 0 Å². The van der Waals surface area contributed by atoms with Crippen LogP contribution >= 0.6 is 0 Å². The van der Waals surface area contributed by atoms with Crippen LogP contribution in [-0.2, 0) is 6.42 Å². The fraction of sp³-hybridized carbons (Fsp3) is 0.111. The quantitative estimate of drug-likeness (QED) is 0.125. The van der Waals surface area contributed by atoms with Crippen molar-refractivity contribution in [3.8, 4) is 61.7 Å². The van der Waals surface area contributed by atoms with Gasteiger partial charge in [0.15, 0.2) is 28.5 Å². The highest BCUT2D eigenvalue weighted by molar-refractivity contribution is 6.88. The molecule has 0 saturated heterocycles. The Morgan fingerprint density at radius 3 is 1.94 bits per heavy atom. The van der Waals surface area contributed by atoms with Crippen molar-refractivity contribution in [2.24, 2.45) is 0 Å². The van der Waals surface area contributed by atoms with Gasteiger partial charge in [-0.05, 0) is 83.1 Å². The normalized spacial score (nSPS) is 15.5. The van der Waals surface area contributed by atoms with Crippen molar-refractivity contribution < 1.29 is 13.6 Å². The van der Waals surface area contributed by atoms with E-state index in [1.165, 1.54) is 33.1 Å². The highest BCUT2D eigenvalue weighted by Gasteiger charge is 2.48. The number of pyridine rings is 1. The fourth-order valence-corrected chi connectivity index (χ4v) is 12.6. The van der Waals surface area contributed by atoms with Crippen molar-refractivity contribution >= 4 is 51.9 Å². The molecule has 5 heterocycles. The lowest BCUT2D eigenvalue weighted by Gasteiger charge is -2.31. The molecule has 13 rings (SSSR count). The van der Waals surface area contributed by atoms with Gasteiger partial charge in [-0.2, -0.15) is 13.7 Å². The molecule has 11 aromatic rings. The molecular weight excluding hydrogens is 843 g/mol. The number of benzene rings is 8. The summed E-state index contributed by atoms with van der Waals surface area (Å²) in [4.78, 5) is 0. The minimum Gasteiger partial charge on any atom is -0.455 e. The molecule has 0 radical (unpaired) electrons. The second-order valence-electron chi connectivity index (χ2n) is 19.7. The zero-order chi connectivity index (χ0) is 45.7. The molecule has 2 unspecified atom stereocenters. The van der Waals surface area contributed by atoms with E-state index >= 15 is 0 Å². The van der Waals surface area contributed by atoms with Crippen molar-refractivity contribution in [2.75, 3.05) is 0 Å². The molecule has 5 heteroatoms. The molecule has 3 aromatic heterocycles. The minimum absolute atomic E-state index is 0.0777. The maximum Gasteiger partial charge on any atom is 0.304 e. The number of aryl methyl sites for hydroxylation is 1. The Morgan fingerprint density at radius 1 is 0.588 bits per heavy atom. The first kappa shape index (κ1) is 40.4. The van der Waals surface area contributed by atoms with E-state index in [2.05, 4.69) is 240 Å². The maximum absolute atomic E-state index is 7.39. The number of hydrogen-bond donors (Lipinski definition) is 0. The lowest BCUT2D eigenvalue weighted by Crippen LogP contribution is -2.56. The van der Waals surface area contributed by atoms with Gasteiger partial charge >= 0.3 is 5.82 Å². The Balaban J connectivity index is 1.20. The molecule has 68 heavy (non-hydrogen) atoms. The second kappa shape index (κ2) is 15.6. The number of allylic oxidation sites excluding steroid dienone is 1. The van der Waals surface area contributed by atoms with Crippen molar-refractivity contribution in [3.63, 3.8) is 0 Å². The molecule has 8 aromatic carbocycles. The Bertz CT molecular complexity index is 3750. The summed E-state index contributed by atoms with van der Waals surface area (Å²) in [6.07, 6.45) is 4.27. The Labute approximate surface area is 398 Å². The average Bonchev–Trinajstić information content (AvgIpc) is 3.94. The minimum atomic E-state index is -1.73. The van der Waals surface area contributed by atoms with Crippen LogP contribution in [0.15, 0.2) is 217 Å². The number of fused-ring (bicyclic) bond motifs is 15. The van der Waals surface area contributed by atoms with Gasteiger partial charge in [-0.3, -0.25) is 0 Å². The van der Waals surface area contributed by atoms with E-state index in [0.717, 1.165) is 96.4 Å². The first-order valence-electron chi connectivity index (χ1n) is 24.0. The van der Waals surface area contributed by atoms with Crippen LogP contribution in [0.1, 0.15) is 29.5 Å². The topological polar surface area (TPSA) is 25.8 Å². The number of para-hydroxylation sites is 3. The summed E-state index contributed by atoms with van der Waals surface area (Å²) in [5.74, 6) is 1.19. The summed E-state index contributed by atoms with van der Waals surface area (Å²) < 4.78 is 15.1. The lowest BCUT2D eigenvalue weighted by molar-refractivity contribution is -0.723. The Morgan fingerprint density at radius 2 is 1.22 bits per heavy atom. The molecule has 2 aliphatic heterocycles. The first-order chi connectivity index (χ1) is 33.3. The summed E-state index contributed by atoms with van der Waals surface area (Å²) >= 11 is 0. The zero-order valence-corrected chi connectivity index (χ0v) is 39.7. The summed E-state index contributed by atoms with van der Waals surface area (Å²) in [7, 11) is -1.73. The van der Waals surface area contributed by atoms with Crippen molar-refractivity contribution in [3.05, 3.63) is 224 Å². The van der Waals surface area contributed by atoms with Crippen molar-refractivity contribution in [2.45, 2.75) is 44.4 Å². The predicted octanol–water partition coefficient (Wildman–Crippen LogP) is 14.7. The molecular formula is C63H51N3OSi+2. The predicted molar refractivity (Wildman–Crippen MR) is 283 cm³/mol. The smallest absolute Gasteiger partial charge is 0.304 e. The van der Waals surface area contributed by atoms with Gasteiger partial charge in [0.1, 0.15) is 16.8 Å². The maximum atomic E-state index is 7.39. The van der Waals surface area contributed by atoms with Crippen LogP contribution in [0.25, 0.3) is 100 Å². The van der Waals surface area contributed by atoms with Gasteiger partial charge in [0.05, 0.1) is 14.0 Å². The first-order valence-corrected chi connectivity index (χ1v) is 27.5. The second-order valence-corrected chi connectivity index (χ2v) is 24.8. The molecule has 0 fully saturated rings. The molecule has 0 N–H and O–H groups in total. The number of aromatic nitrogens is 3. The van der Waals surface area contributed by atoms with Crippen LogP contribution in [0, 0.1) is 0 Å². The molecule has 0 saturated carbocycles. The highest BCUT2D eigenvalue weighted by Crippen LogP contribution is 2.49. The number of rotatable bonds is 5. The summed E-state index contributed by atoms with van der Waals surface area (Å²) in [6, 6.07) is 73.4. The molecule has 0 aliphatic carbocycles. The van der Waals surface area contributed by atoms with Gasteiger partial charge in [-0.25, -0.2) is 0 Å². The van der Waals surface area contributed by atoms with E-state index in [1.54, 1.807) is 0 Å². The van der Waals surface area contributed by atoms with Crippen LogP contribution in [0.2, 0.25) is 19.6 Å². The molecule has 2 atom stereocenters. The van der Waals surface area contributed by atoms with Crippen LogP contribution < -0.4 is 14.3 Å². The monoisotopic (exact) mass is 893 g/mol. The lowest BCUT2D eigenvalue weighted by atomic mass is 9.78. The standard InChI is InChI=1S/C63H51N3OSi/c1-41-60-53(50-25-14-15-26-51(50)55-38-34-47(40-64(55)60)68(2,3)4)36-31-45-32-37-54-52-35-33-46(42-19-8-5-9-20-42)39-58(52)67-62(54)59(45)63-65(41)56-29-16-17-30-57(56)66(63)61-48(43-21-10-6-11-22-43)27-18-28-49(61)44-23-12-7-13-24-44/h5-30,32-35,37-40,53,60H,1,31,36H2,2-4H3/q+2. The van der Waals surface area contributed by atoms with Gasteiger partial charge in [-0.1, -0.05) is 183 Å². The van der Waals surface area contributed by atoms with Gasteiger partial charge in [0, 0.05) is 38.7 Å². The summed E-state index contributed by atoms with van der Waals surface area (Å²) in [5.41, 5.74) is 19.3. The summed E-state index contributed by atoms with van der Waals surface area (Å²) in [5, 5.41) is 3.65.